The summed E-state index contributed by atoms with van der Waals surface area (Å²) < 4.78 is 5.79. The predicted octanol–water partition coefficient (Wildman–Crippen LogP) is 4.48. The van der Waals surface area contributed by atoms with E-state index in [1.807, 2.05) is 29.6 Å². The van der Waals surface area contributed by atoms with E-state index in [9.17, 15) is 24.6 Å². The SMILES string of the molecule is CC(=O)c1c(O)c(C)c(O)c2c1OC1=CC(=O)/C(=C(/C)NCc3ccc(-c4nccs4)cc3)C(=O)[C@]12C. The fourth-order valence-corrected chi connectivity index (χ4v) is 5.46. The molecule has 3 aromatic rings. The zero-order valence-corrected chi connectivity index (χ0v) is 21.4. The number of benzene rings is 2. The van der Waals surface area contributed by atoms with Crippen molar-refractivity contribution < 1.29 is 29.3 Å². The molecule has 1 atom stereocenters. The third kappa shape index (κ3) is 3.65. The van der Waals surface area contributed by atoms with E-state index in [2.05, 4.69) is 10.3 Å². The van der Waals surface area contributed by atoms with Gasteiger partial charge in [0.25, 0.3) is 0 Å². The molecule has 1 aromatic heterocycles. The quantitative estimate of drug-likeness (QED) is 0.257. The van der Waals surface area contributed by atoms with Crippen LogP contribution in [0.15, 0.2) is 58.9 Å². The highest BCUT2D eigenvalue weighted by molar-refractivity contribution is 7.13. The maximum absolute atomic E-state index is 13.9. The number of Topliss-reactive ketones (excluding diaryl/α,β-unsaturated/α-hetero) is 2. The molecule has 2 aromatic carbocycles. The van der Waals surface area contributed by atoms with Gasteiger partial charge >= 0.3 is 0 Å². The van der Waals surface area contributed by atoms with E-state index in [0.29, 0.717) is 12.2 Å². The van der Waals surface area contributed by atoms with Crippen LogP contribution in [0.1, 0.15) is 47.8 Å². The van der Waals surface area contributed by atoms with Crippen molar-refractivity contribution in [3.05, 3.63) is 81.2 Å². The Morgan fingerprint density at radius 1 is 1.14 bits per heavy atom. The van der Waals surface area contributed by atoms with Crippen LogP contribution in [0.2, 0.25) is 0 Å². The molecule has 2 aliphatic rings. The van der Waals surface area contributed by atoms with Crippen LogP contribution < -0.4 is 10.1 Å². The number of hydrogen-bond acceptors (Lipinski definition) is 9. The molecular formula is C28H24N2O6S. The number of nitrogens with one attached hydrogen (secondary N) is 1. The summed E-state index contributed by atoms with van der Waals surface area (Å²) in [5, 5.41) is 27.4. The highest BCUT2D eigenvalue weighted by atomic mass is 32.1. The van der Waals surface area contributed by atoms with Crippen molar-refractivity contribution in [2.45, 2.75) is 39.7 Å². The molecule has 0 fully saturated rings. The smallest absolute Gasteiger partial charge is 0.194 e. The van der Waals surface area contributed by atoms with Crippen molar-refractivity contribution in [2.24, 2.45) is 0 Å². The molecule has 1 aliphatic heterocycles. The number of allylic oxidation sites excluding steroid dienone is 4. The summed E-state index contributed by atoms with van der Waals surface area (Å²) in [6, 6.07) is 7.82. The molecule has 0 saturated heterocycles. The highest BCUT2D eigenvalue weighted by Gasteiger charge is 2.56. The molecule has 0 saturated carbocycles. The first-order chi connectivity index (χ1) is 17.6. The zero-order chi connectivity index (χ0) is 26.6. The first-order valence-corrected chi connectivity index (χ1v) is 12.5. The van der Waals surface area contributed by atoms with Crippen molar-refractivity contribution in [2.75, 3.05) is 0 Å². The maximum atomic E-state index is 13.9. The van der Waals surface area contributed by atoms with Gasteiger partial charge in [-0.25, -0.2) is 4.98 Å². The van der Waals surface area contributed by atoms with E-state index >= 15 is 0 Å². The first kappa shape index (κ1) is 24.5. The summed E-state index contributed by atoms with van der Waals surface area (Å²) >= 11 is 1.55. The second kappa shape index (κ2) is 8.70. The van der Waals surface area contributed by atoms with Crippen LogP contribution in [0.3, 0.4) is 0 Å². The minimum Gasteiger partial charge on any atom is -0.507 e. The van der Waals surface area contributed by atoms with Crippen LogP contribution in [0.5, 0.6) is 17.2 Å². The van der Waals surface area contributed by atoms with E-state index in [1.165, 1.54) is 19.9 Å². The van der Waals surface area contributed by atoms with Crippen LogP contribution in [-0.2, 0) is 21.5 Å². The summed E-state index contributed by atoms with van der Waals surface area (Å²) in [5.41, 5.74) is 0.724. The molecule has 0 amide bonds. The van der Waals surface area contributed by atoms with Crippen LogP contribution in [-0.4, -0.2) is 32.5 Å². The normalized spacial score (nSPS) is 19.6. The van der Waals surface area contributed by atoms with Crippen molar-refractivity contribution in [1.82, 2.24) is 10.3 Å². The van der Waals surface area contributed by atoms with Gasteiger partial charge in [0.05, 0.1) is 11.1 Å². The monoisotopic (exact) mass is 516 g/mol. The van der Waals surface area contributed by atoms with E-state index in [1.54, 1.807) is 31.4 Å². The minimum absolute atomic E-state index is 0.00891. The molecule has 0 radical (unpaired) electrons. The third-order valence-corrected chi connectivity index (χ3v) is 7.77. The summed E-state index contributed by atoms with van der Waals surface area (Å²) in [5.74, 6) is -2.46. The summed E-state index contributed by atoms with van der Waals surface area (Å²) in [4.78, 5) is 43.5. The molecule has 5 rings (SSSR count). The lowest BCUT2D eigenvalue weighted by Crippen LogP contribution is -2.41. The summed E-state index contributed by atoms with van der Waals surface area (Å²) in [7, 11) is 0. The number of rotatable bonds is 5. The zero-order valence-electron chi connectivity index (χ0n) is 20.6. The van der Waals surface area contributed by atoms with Gasteiger partial charge < -0.3 is 20.3 Å². The van der Waals surface area contributed by atoms with Gasteiger partial charge in [0, 0.05) is 41.0 Å². The average Bonchev–Trinajstić information content (AvgIpc) is 3.49. The van der Waals surface area contributed by atoms with Crippen LogP contribution in [0, 0.1) is 6.92 Å². The lowest BCUT2D eigenvalue weighted by atomic mass is 9.70. The van der Waals surface area contributed by atoms with E-state index in [0.717, 1.165) is 16.1 Å². The number of carbonyl (C=O) groups is 3. The van der Waals surface area contributed by atoms with Crippen molar-refractivity contribution in [3.63, 3.8) is 0 Å². The molecular weight excluding hydrogens is 492 g/mol. The second-order valence-corrected chi connectivity index (χ2v) is 10.2. The number of aromatic nitrogens is 1. The van der Waals surface area contributed by atoms with Crippen LogP contribution in [0.25, 0.3) is 10.6 Å². The molecule has 1 aliphatic carbocycles. The number of phenols is 2. The van der Waals surface area contributed by atoms with Gasteiger partial charge in [0.1, 0.15) is 39.0 Å². The second-order valence-electron chi connectivity index (χ2n) is 9.27. The van der Waals surface area contributed by atoms with Crippen molar-refractivity contribution in [1.29, 1.82) is 0 Å². The third-order valence-electron chi connectivity index (χ3n) is 6.95. The number of phenolic OH excluding ortho intramolecular Hbond substituents is 2. The number of nitrogens with zero attached hydrogens (tertiary/aromatic N) is 1. The van der Waals surface area contributed by atoms with Gasteiger partial charge in [-0.3, -0.25) is 14.4 Å². The molecule has 2 heterocycles. The van der Waals surface area contributed by atoms with Crippen LogP contribution in [0.4, 0.5) is 0 Å². The Bertz CT molecular complexity index is 1550. The number of ether oxygens (including phenoxy) is 1. The molecule has 0 spiro atoms. The fourth-order valence-electron chi connectivity index (χ4n) is 4.82. The number of ketones is 3. The van der Waals surface area contributed by atoms with E-state index in [-0.39, 0.29) is 39.5 Å². The number of carbonyl (C=O) groups excluding carboxylic acids is 3. The molecule has 0 bridgehead atoms. The maximum Gasteiger partial charge on any atom is 0.194 e. The van der Waals surface area contributed by atoms with Crippen molar-refractivity contribution >= 4 is 28.7 Å². The van der Waals surface area contributed by atoms with Gasteiger partial charge in [0.15, 0.2) is 17.3 Å². The molecule has 9 heteroatoms. The van der Waals surface area contributed by atoms with E-state index in [4.69, 9.17) is 4.74 Å². The Morgan fingerprint density at radius 3 is 2.46 bits per heavy atom. The Balaban J connectivity index is 1.50. The Hall–Kier alpha value is -4.24. The Morgan fingerprint density at radius 2 is 1.84 bits per heavy atom. The standard InChI is InChI=1S/C28H24N2O6S/c1-13-23(33)21(15(3)31)25-22(24(13)34)28(4)19(36-25)11-18(32)20(26(28)35)14(2)30-12-16-5-7-17(8-6-16)27-29-9-10-37-27/h5-11,30,33-34H,12H2,1-4H3/b20-14+/t28-/m1/s1. The number of thiazole rings is 1. The van der Waals surface area contributed by atoms with Gasteiger partial charge in [-0.2, -0.15) is 0 Å². The molecule has 37 heavy (non-hydrogen) atoms. The fraction of sp³-hybridized carbons (Fsp3) is 0.214. The van der Waals surface area contributed by atoms with Gasteiger partial charge in [-0.05, 0) is 33.3 Å². The topological polar surface area (TPSA) is 126 Å². The number of aromatic hydroxyl groups is 2. The highest BCUT2D eigenvalue weighted by Crippen LogP contribution is 2.57. The molecule has 3 N–H and O–H groups in total. The van der Waals surface area contributed by atoms with Crippen molar-refractivity contribution in [3.8, 4) is 27.8 Å². The van der Waals surface area contributed by atoms with Gasteiger partial charge in [0.2, 0.25) is 0 Å². The molecule has 188 valence electrons. The van der Waals surface area contributed by atoms with E-state index < -0.39 is 28.5 Å². The molecule has 0 unspecified atom stereocenters. The lowest BCUT2D eigenvalue weighted by molar-refractivity contribution is -0.123. The lowest BCUT2D eigenvalue weighted by Gasteiger charge is -2.29. The average molecular weight is 517 g/mol. The Kier molecular flexibility index (Phi) is 5.75. The minimum atomic E-state index is -1.54. The Labute approximate surface area is 216 Å². The first-order valence-electron chi connectivity index (χ1n) is 11.6. The number of fused-ring (bicyclic) bond motifs is 3. The van der Waals surface area contributed by atoms with Gasteiger partial charge in [-0.15, -0.1) is 11.3 Å². The number of hydrogen-bond donors (Lipinski definition) is 3. The largest absolute Gasteiger partial charge is 0.507 e. The van der Waals surface area contributed by atoms with Crippen LogP contribution >= 0.6 is 11.3 Å². The summed E-state index contributed by atoms with van der Waals surface area (Å²) in [6.07, 6.45) is 2.96. The predicted molar refractivity (Wildman–Crippen MR) is 138 cm³/mol. The summed E-state index contributed by atoms with van der Waals surface area (Å²) in [6.45, 7) is 6.27. The van der Waals surface area contributed by atoms with Gasteiger partial charge in [-0.1, -0.05) is 24.3 Å². The molecule has 8 nitrogen and oxygen atoms in total.